The molecule has 24 heavy (non-hydrogen) atoms. The lowest BCUT2D eigenvalue weighted by atomic mass is 10.0. The van der Waals surface area contributed by atoms with Gasteiger partial charge in [-0.05, 0) is 17.7 Å². The molecule has 4 rings (SSSR count). The van der Waals surface area contributed by atoms with E-state index in [4.69, 9.17) is 0 Å². The number of para-hydroxylation sites is 1. The summed E-state index contributed by atoms with van der Waals surface area (Å²) >= 11 is 0. The molecule has 0 saturated heterocycles. The number of nitro groups is 1. The molecule has 1 atom stereocenters. The second-order valence-electron chi connectivity index (χ2n) is 5.36. The molecule has 3 aromatic rings. The van der Waals surface area contributed by atoms with E-state index in [1.54, 1.807) is 22.9 Å². The Morgan fingerprint density at radius 3 is 2.62 bits per heavy atom. The Hall–Kier alpha value is -3.48. The highest BCUT2D eigenvalue weighted by Crippen LogP contribution is 2.35. The van der Waals surface area contributed by atoms with Crippen LogP contribution in [-0.4, -0.2) is 19.7 Å². The van der Waals surface area contributed by atoms with Crippen LogP contribution in [-0.2, 0) is 0 Å². The zero-order valence-corrected chi connectivity index (χ0v) is 12.5. The molecule has 7 heteroatoms. The zero-order valence-electron chi connectivity index (χ0n) is 12.5. The van der Waals surface area contributed by atoms with Crippen LogP contribution in [0.5, 0.6) is 0 Å². The van der Waals surface area contributed by atoms with Gasteiger partial charge in [-0.15, -0.1) is 0 Å². The smallest absolute Gasteiger partial charge is 0.275 e. The van der Waals surface area contributed by atoms with E-state index >= 15 is 0 Å². The molecule has 1 N–H and O–H groups in total. The molecule has 7 nitrogen and oxygen atoms in total. The van der Waals surface area contributed by atoms with E-state index < -0.39 is 6.04 Å². The Kier molecular flexibility index (Phi) is 3.31. The number of aromatic nitrogens is 3. The lowest BCUT2D eigenvalue weighted by Crippen LogP contribution is -2.21. The molecule has 1 aromatic heterocycles. The summed E-state index contributed by atoms with van der Waals surface area (Å²) in [5.41, 5.74) is 2.47. The Balaban J connectivity index is 1.88. The quantitative estimate of drug-likeness (QED) is 0.591. The summed E-state index contributed by atoms with van der Waals surface area (Å²) < 4.78 is 1.65. The molecule has 1 aliphatic rings. The third kappa shape index (κ3) is 2.32. The number of fused-ring (bicyclic) bond motifs is 1. The predicted molar refractivity (Wildman–Crippen MR) is 89.3 cm³/mol. The average molecular weight is 319 g/mol. The van der Waals surface area contributed by atoms with Gasteiger partial charge in [0.1, 0.15) is 12.4 Å². The molecular formula is C17H13N5O2. The third-order valence-corrected chi connectivity index (χ3v) is 3.94. The van der Waals surface area contributed by atoms with Crippen molar-refractivity contribution >= 4 is 17.3 Å². The van der Waals surface area contributed by atoms with Crippen molar-refractivity contribution in [2.45, 2.75) is 6.04 Å². The number of allylic oxidation sites excluding steroid dienone is 1. The minimum Gasteiger partial charge on any atom is -0.324 e. The van der Waals surface area contributed by atoms with E-state index in [0.717, 1.165) is 11.3 Å². The van der Waals surface area contributed by atoms with E-state index in [0.29, 0.717) is 11.5 Å². The second-order valence-corrected chi connectivity index (χ2v) is 5.36. The first-order chi connectivity index (χ1) is 11.7. The standard InChI is InChI=1S/C17H13N5O2/c23-22(24)15-9-5-4-8-13(15)16-10-14(12-6-2-1-3-7-12)20-17-18-11-19-21(16)17/h1-11,16H,(H,18,19,20)/t16-/m1/s1. The molecule has 0 saturated carbocycles. The van der Waals surface area contributed by atoms with E-state index in [1.807, 2.05) is 36.4 Å². The molecule has 0 amide bonds. The van der Waals surface area contributed by atoms with Crippen molar-refractivity contribution in [2.24, 2.45) is 0 Å². The zero-order chi connectivity index (χ0) is 16.5. The lowest BCUT2D eigenvalue weighted by Gasteiger charge is -2.24. The van der Waals surface area contributed by atoms with E-state index in [9.17, 15) is 10.1 Å². The number of nitro benzene ring substituents is 1. The molecule has 0 bridgehead atoms. The Bertz CT molecular complexity index is 933. The van der Waals surface area contributed by atoms with Crippen molar-refractivity contribution in [1.29, 1.82) is 0 Å². The Labute approximate surface area is 137 Å². The summed E-state index contributed by atoms with van der Waals surface area (Å²) in [6.45, 7) is 0. The van der Waals surface area contributed by atoms with E-state index in [1.165, 1.54) is 12.4 Å². The molecule has 0 aliphatic carbocycles. The number of hydrogen-bond donors (Lipinski definition) is 1. The van der Waals surface area contributed by atoms with Gasteiger partial charge in [0.2, 0.25) is 5.95 Å². The maximum atomic E-state index is 11.4. The average Bonchev–Trinajstić information content (AvgIpc) is 3.10. The summed E-state index contributed by atoms with van der Waals surface area (Å²) in [6.07, 6.45) is 3.37. The first-order valence-corrected chi connectivity index (χ1v) is 7.41. The Morgan fingerprint density at radius 1 is 1.08 bits per heavy atom. The van der Waals surface area contributed by atoms with Gasteiger partial charge in [-0.2, -0.15) is 10.1 Å². The highest BCUT2D eigenvalue weighted by Gasteiger charge is 2.28. The van der Waals surface area contributed by atoms with Gasteiger partial charge in [0, 0.05) is 11.8 Å². The number of rotatable bonds is 3. The first-order valence-electron chi connectivity index (χ1n) is 7.41. The fourth-order valence-corrected chi connectivity index (χ4v) is 2.85. The van der Waals surface area contributed by atoms with Gasteiger partial charge in [-0.3, -0.25) is 10.1 Å². The van der Waals surface area contributed by atoms with Crippen LogP contribution in [0.1, 0.15) is 17.2 Å². The normalized spacial score (nSPS) is 16.0. The molecule has 0 radical (unpaired) electrons. The fraction of sp³-hybridized carbons (Fsp3) is 0.0588. The number of hydrogen-bond acceptors (Lipinski definition) is 5. The van der Waals surface area contributed by atoms with Crippen LogP contribution in [0.4, 0.5) is 11.6 Å². The van der Waals surface area contributed by atoms with Crippen molar-refractivity contribution in [3.05, 3.63) is 88.2 Å². The van der Waals surface area contributed by atoms with Crippen LogP contribution in [0.2, 0.25) is 0 Å². The van der Waals surface area contributed by atoms with Gasteiger partial charge in [0.25, 0.3) is 5.69 Å². The SMILES string of the molecule is O=[N+]([O-])c1ccccc1[C@H]1C=C(c2ccccc2)Nc2ncnn21. The van der Waals surface area contributed by atoms with Crippen molar-refractivity contribution in [1.82, 2.24) is 14.8 Å². The monoisotopic (exact) mass is 319 g/mol. The first kappa shape index (κ1) is 14.1. The molecule has 0 spiro atoms. The molecule has 118 valence electrons. The third-order valence-electron chi connectivity index (χ3n) is 3.94. The molecule has 1 aliphatic heterocycles. The van der Waals surface area contributed by atoms with E-state index in [-0.39, 0.29) is 10.6 Å². The van der Waals surface area contributed by atoms with E-state index in [2.05, 4.69) is 15.4 Å². The van der Waals surface area contributed by atoms with Crippen LogP contribution in [0.15, 0.2) is 67.0 Å². The number of nitrogens with zero attached hydrogens (tertiary/aromatic N) is 4. The predicted octanol–water partition coefficient (Wildman–Crippen LogP) is 3.24. The topological polar surface area (TPSA) is 85.9 Å². The fourth-order valence-electron chi connectivity index (χ4n) is 2.85. The van der Waals surface area contributed by atoms with Gasteiger partial charge in [-0.25, -0.2) is 4.68 Å². The number of anilines is 1. The summed E-state index contributed by atoms with van der Waals surface area (Å²) in [6, 6.07) is 16.1. The van der Waals surface area contributed by atoms with Gasteiger partial charge in [-0.1, -0.05) is 42.5 Å². The molecule has 0 fully saturated rings. The van der Waals surface area contributed by atoms with Gasteiger partial charge in [0.15, 0.2) is 0 Å². The minimum absolute atomic E-state index is 0.0644. The van der Waals surface area contributed by atoms with Gasteiger partial charge < -0.3 is 5.32 Å². The van der Waals surface area contributed by atoms with Gasteiger partial charge >= 0.3 is 0 Å². The highest BCUT2D eigenvalue weighted by atomic mass is 16.6. The number of benzene rings is 2. The second kappa shape index (κ2) is 5.62. The summed E-state index contributed by atoms with van der Waals surface area (Å²) in [5.74, 6) is 0.555. The van der Waals surface area contributed by atoms with Crippen LogP contribution in [0, 0.1) is 10.1 Å². The molecule has 2 aromatic carbocycles. The van der Waals surface area contributed by atoms with Crippen molar-refractivity contribution in [3.63, 3.8) is 0 Å². The highest BCUT2D eigenvalue weighted by molar-refractivity contribution is 5.77. The van der Waals surface area contributed by atoms with Gasteiger partial charge in [0.05, 0.1) is 10.5 Å². The van der Waals surface area contributed by atoms with Crippen LogP contribution < -0.4 is 5.32 Å². The number of nitrogens with one attached hydrogen (secondary N) is 1. The molecule has 2 heterocycles. The van der Waals surface area contributed by atoms with Crippen molar-refractivity contribution in [2.75, 3.05) is 5.32 Å². The molecular weight excluding hydrogens is 306 g/mol. The van der Waals surface area contributed by atoms with Crippen LogP contribution >= 0.6 is 0 Å². The van der Waals surface area contributed by atoms with Crippen molar-refractivity contribution in [3.8, 4) is 0 Å². The molecule has 0 unspecified atom stereocenters. The summed E-state index contributed by atoms with van der Waals surface area (Å²) in [7, 11) is 0. The summed E-state index contributed by atoms with van der Waals surface area (Å²) in [4.78, 5) is 15.2. The summed E-state index contributed by atoms with van der Waals surface area (Å²) in [5, 5.41) is 18.8. The Morgan fingerprint density at radius 2 is 1.83 bits per heavy atom. The lowest BCUT2D eigenvalue weighted by molar-refractivity contribution is -0.385. The maximum Gasteiger partial charge on any atom is 0.275 e. The maximum absolute atomic E-state index is 11.4. The minimum atomic E-state index is -0.402. The van der Waals surface area contributed by atoms with Crippen molar-refractivity contribution < 1.29 is 4.92 Å². The van der Waals surface area contributed by atoms with Crippen LogP contribution in [0.3, 0.4) is 0 Å². The van der Waals surface area contributed by atoms with Crippen LogP contribution in [0.25, 0.3) is 5.70 Å². The largest absolute Gasteiger partial charge is 0.324 e.